The van der Waals surface area contributed by atoms with Crippen molar-refractivity contribution in [1.82, 2.24) is 10.6 Å². The molecule has 0 spiro atoms. The molecular weight excluding hydrogens is 446 g/mol. The molecule has 11 nitrogen and oxygen atoms in total. The first kappa shape index (κ1) is 25.2. The van der Waals surface area contributed by atoms with Gasteiger partial charge in [-0.25, -0.2) is 4.79 Å². The second-order valence-corrected chi connectivity index (χ2v) is 8.31. The van der Waals surface area contributed by atoms with Gasteiger partial charge in [-0.05, 0) is 29.8 Å². The maximum atomic E-state index is 12.8. The molecule has 0 aliphatic carbocycles. The van der Waals surface area contributed by atoms with E-state index in [0.717, 1.165) is 17.0 Å². The molecule has 0 saturated heterocycles. The number of nitrogens with one attached hydrogen (secondary N) is 4. The Morgan fingerprint density at radius 3 is 2.42 bits per heavy atom. The summed E-state index contributed by atoms with van der Waals surface area (Å²) in [6, 6.07) is 9.91. The van der Waals surface area contributed by atoms with E-state index in [2.05, 4.69) is 10.6 Å². The minimum Gasteiger partial charge on any atom is -0.478 e. The monoisotopic (exact) mass is 471 g/mol. The van der Waals surface area contributed by atoms with Crippen molar-refractivity contribution in [2.75, 3.05) is 6.54 Å². The summed E-state index contributed by atoms with van der Waals surface area (Å²) in [6.45, 7) is -0.186. The zero-order valence-electron chi connectivity index (χ0n) is 17.6. The van der Waals surface area contributed by atoms with E-state index >= 15 is 0 Å². The van der Waals surface area contributed by atoms with Crippen molar-refractivity contribution >= 4 is 40.8 Å². The number of thiophene rings is 1. The van der Waals surface area contributed by atoms with Crippen molar-refractivity contribution in [3.8, 4) is 0 Å². The number of aliphatic carboxylic acids is 1. The first-order chi connectivity index (χ1) is 15.5. The van der Waals surface area contributed by atoms with Gasteiger partial charge in [-0.2, -0.15) is 0 Å². The number of amides is 2. The summed E-state index contributed by atoms with van der Waals surface area (Å²) in [7, 11) is 0. The second kappa shape index (κ2) is 11.0. The highest BCUT2D eigenvalue weighted by Crippen LogP contribution is 2.16. The van der Waals surface area contributed by atoms with Gasteiger partial charge in [0, 0.05) is 22.9 Å². The first-order valence-electron chi connectivity index (χ1n) is 9.62. The summed E-state index contributed by atoms with van der Waals surface area (Å²) >= 11 is 1.26. The minimum atomic E-state index is -1.77. The summed E-state index contributed by atoms with van der Waals surface area (Å²) in [5.74, 6) is -2.74. The van der Waals surface area contributed by atoms with E-state index in [1.54, 1.807) is 36.4 Å². The lowest BCUT2D eigenvalue weighted by atomic mass is 9.89. The molecule has 0 saturated carbocycles. The third-order valence-corrected chi connectivity index (χ3v) is 5.60. The van der Waals surface area contributed by atoms with Crippen LogP contribution in [-0.4, -0.2) is 46.6 Å². The van der Waals surface area contributed by atoms with Gasteiger partial charge in [0.15, 0.2) is 0 Å². The number of carboxylic acid groups (broad SMARTS) is 1. The molecule has 0 radical (unpaired) electrons. The van der Waals surface area contributed by atoms with E-state index in [1.165, 1.54) is 11.3 Å². The van der Waals surface area contributed by atoms with Crippen LogP contribution >= 0.6 is 11.3 Å². The van der Waals surface area contributed by atoms with Crippen LogP contribution in [0.4, 0.5) is 0 Å². The Morgan fingerprint density at radius 1 is 1.09 bits per heavy atom. The van der Waals surface area contributed by atoms with Crippen LogP contribution in [-0.2, 0) is 27.3 Å². The Bertz CT molecular complexity index is 1110. The highest BCUT2D eigenvalue weighted by Gasteiger charge is 2.32. The number of carboxylic acids is 1. The number of amidine groups is 2. The third kappa shape index (κ3) is 7.55. The minimum absolute atomic E-state index is 0.0626. The zero-order chi connectivity index (χ0) is 24.6. The predicted octanol–water partition coefficient (Wildman–Crippen LogP) is -0.370. The fraction of sp³-hybridized carbons (Fsp3) is 0.190. The average Bonchev–Trinajstić information content (AvgIpc) is 3.24. The fourth-order valence-corrected chi connectivity index (χ4v) is 3.62. The molecule has 2 rings (SSSR count). The van der Waals surface area contributed by atoms with Crippen molar-refractivity contribution in [2.24, 2.45) is 17.2 Å². The van der Waals surface area contributed by atoms with Gasteiger partial charge in [-0.3, -0.25) is 20.4 Å². The number of carbonyl (C=O) groups excluding carboxylic acids is 2. The highest BCUT2D eigenvalue weighted by molar-refractivity contribution is 7.14. The van der Waals surface area contributed by atoms with Crippen molar-refractivity contribution < 1.29 is 19.5 Å². The maximum Gasteiger partial charge on any atom is 0.328 e. The lowest BCUT2D eigenvalue weighted by molar-refractivity contribution is -0.131. The lowest BCUT2D eigenvalue weighted by Gasteiger charge is -2.25. The molecule has 12 heteroatoms. The molecule has 0 fully saturated rings. The van der Waals surface area contributed by atoms with Gasteiger partial charge in [0.05, 0.1) is 18.0 Å². The number of rotatable bonds is 11. The van der Waals surface area contributed by atoms with Crippen LogP contribution in [0.2, 0.25) is 0 Å². The van der Waals surface area contributed by atoms with E-state index in [1.807, 2.05) is 0 Å². The normalized spacial score (nSPS) is 12.6. The van der Waals surface area contributed by atoms with Crippen LogP contribution in [0.25, 0.3) is 0 Å². The van der Waals surface area contributed by atoms with Crippen molar-refractivity contribution in [1.29, 1.82) is 10.8 Å². The van der Waals surface area contributed by atoms with Gasteiger partial charge in [-0.1, -0.05) is 18.2 Å². The van der Waals surface area contributed by atoms with E-state index in [0.29, 0.717) is 16.0 Å². The lowest BCUT2D eigenvalue weighted by Crippen LogP contribution is -2.55. The zero-order valence-corrected chi connectivity index (χ0v) is 18.4. The highest BCUT2D eigenvalue weighted by atomic mass is 32.1. The van der Waals surface area contributed by atoms with Crippen LogP contribution in [0.5, 0.6) is 0 Å². The molecule has 33 heavy (non-hydrogen) atoms. The van der Waals surface area contributed by atoms with Crippen LogP contribution in [0, 0.1) is 10.8 Å². The summed E-state index contributed by atoms with van der Waals surface area (Å²) in [5, 5.41) is 29.0. The Balaban J connectivity index is 2.04. The fourth-order valence-electron chi connectivity index (χ4n) is 2.81. The Labute approximate surface area is 193 Å². The van der Waals surface area contributed by atoms with Crippen LogP contribution in [0.3, 0.4) is 0 Å². The topological polar surface area (TPSA) is 221 Å². The van der Waals surface area contributed by atoms with Gasteiger partial charge in [-0.15, -0.1) is 11.3 Å². The summed E-state index contributed by atoms with van der Waals surface area (Å²) < 4.78 is 0. The van der Waals surface area contributed by atoms with E-state index < -0.39 is 23.3 Å². The van der Waals surface area contributed by atoms with Crippen molar-refractivity contribution in [3.05, 3.63) is 69.4 Å². The predicted molar refractivity (Wildman–Crippen MR) is 125 cm³/mol. The van der Waals surface area contributed by atoms with Gasteiger partial charge >= 0.3 is 5.97 Å². The van der Waals surface area contributed by atoms with Crippen LogP contribution in [0.15, 0.2) is 48.6 Å². The number of hydrogen-bond acceptors (Lipinski definition) is 7. The molecule has 1 aromatic heterocycles. The molecule has 0 bridgehead atoms. The molecule has 11 N–H and O–H groups in total. The van der Waals surface area contributed by atoms with Crippen LogP contribution in [0.1, 0.15) is 20.9 Å². The standard InChI is InChI=1S/C21H25N7O4S/c22-18(23)13-3-1-2-12(8-13)9-21(26,7-6-17(30)31)20(32)28-11-16(29)27-10-14-4-5-15(33-14)19(24)25/h1-8H,9-11,26H2,(H3,22,23)(H3,24,25)(H,27,29)(H,28,32)(H,30,31)/b7-6+/t21-/m1/s1. The summed E-state index contributed by atoms with van der Waals surface area (Å²) in [6.07, 6.45) is 1.73. The summed E-state index contributed by atoms with van der Waals surface area (Å²) in [4.78, 5) is 37.3. The van der Waals surface area contributed by atoms with Gasteiger partial charge < -0.3 is 32.9 Å². The number of benzene rings is 1. The first-order valence-corrected chi connectivity index (χ1v) is 10.4. The van der Waals surface area contributed by atoms with E-state index in [-0.39, 0.29) is 31.2 Å². The van der Waals surface area contributed by atoms with E-state index in [9.17, 15) is 14.4 Å². The van der Waals surface area contributed by atoms with Crippen molar-refractivity contribution in [3.63, 3.8) is 0 Å². The maximum absolute atomic E-state index is 12.8. The van der Waals surface area contributed by atoms with Crippen LogP contribution < -0.4 is 27.8 Å². The Hall–Kier alpha value is -4.03. The number of hydrogen-bond donors (Lipinski definition) is 8. The molecule has 0 aliphatic rings. The van der Waals surface area contributed by atoms with Gasteiger partial charge in [0.2, 0.25) is 11.8 Å². The molecule has 2 amide bonds. The van der Waals surface area contributed by atoms with Gasteiger partial charge in [0.25, 0.3) is 0 Å². The molecule has 0 aliphatic heterocycles. The van der Waals surface area contributed by atoms with Crippen molar-refractivity contribution in [2.45, 2.75) is 18.5 Å². The molecular formula is C21H25N7O4S. The smallest absolute Gasteiger partial charge is 0.328 e. The SMILES string of the molecule is N=C(N)c1cccc(C[C@](N)(/C=C/C(=O)O)C(=O)NCC(=O)NCc2ccc(C(=N)N)s2)c1. The molecule has 2 aromatic rings. The number of carbonyl (C=O) groups is 3. The summed E-state index contributed by atoms with van der Waals surface area (Å²) in [5.41, 5.74) is 16.3. The largest absolute Gasteiger partial charge is 0.478 e. The Morgan fingerprint density at radius 2 is 1.82 bits per heavy atom. The Kier molecular flexibility index (Phi) is 8.42. The molecule has 174 valence electrons. The second-order valence-electron chi connectivity index (χ2n) is 7.14. The molecule has 0 unspecified atom stereocenters. The third-order valence-electron chi connectivity index (χ3n) is 4.48. The van der Waals surface area contributed by atoms with E-state index in [4.69, 9.17) is 33.1 Å². The molecule has 1 heterocycles. The molecule has 1 atom stereocenters. The quantitative estimate of drug-likeness (QED) is 0.123. The average molecular weight is 472 g/mol. The number of nitrogen functional groups attached to an aromatic ring is 2. The van der Waals surface area contributed by atoms with Gasteiger partial charge in [0.1, 0.15) is 17.2 Å². The number of nitrogens with two attached hydrogens (primary N) is 3. The molecule has 1 aromatic carbocycles.